The molecule has 3 nitrogen and oxygen atoms in total. The molecular weight excluding hydrogens is 162 g/mol. The first-order chi connectivity index (χ1) is 4.83. The average molecular weight is 179 g/mol. The van der Waals surface area contributed by atoms with Gasteiger partial charge in [-0.25, -0.2) is 4.21 Å². The molecular formula is C7H17NO2S. The van der Waals surface area contributed by atoms with Gasteiger partial charge in [-0.3, -0.25) is 0 Å². The summed E-state index contributed by atoms with van der Waals surface area (Å²) >= 11 is -1.68. The summed E-state index contributed by atoms with van der Waals surface area (Å²) in [6.07, 6.45) is 0. The van der Waals surface area contributed by atoms with Gasteiger partial charge in [0.2, 0.25) is 0 Å². The van der Waals surface area contributed by atoms with Crippen molar-refractivity contribution < 1.29 is 8.76 Å². The van der Waals surface area contributed by atoms with Gasteiger partial charge in [0.05, 0.1) is 5.75 Å². The maximum Gasteiger partial charge on any atom is 0.153 e. The van der Waals surface area contributed by atoms with Crippen molar-refractivity contribution in [2.75, 3.05) is 26.4 Å². The van der Waals surface area contributed by atoms with Gasteiger partial charge in [-0.2, -0.15) is 0 Å². The summed E-state index contributed by atoms with van der Waals surface area (Å²) in [6.45, 7) is 4.81. The molecule has 0 aromatic heterocycles. The molecule has 0 aliphatic heterocycles. The molecule has 0 fully saturated rings. The fourth-order valence-electron chi connectivity index (χ4n) is 1.24. The SMILES string of the molecule is CN(C)CC(C)(C)CS(=O)O. The predicted molar refractivity (Wildman–Crippen MR) is 48.0 cm³/mol. The van der Waals surface area contributed by atoms with E-state index in [0.29, 0.717) is 5.75 Å². The molecule has 0 bridgehead atoms. The number of nitrogens with zero attached hydrogens (tertiary/aromatic N) is 1. The van der Waals surface area contributed by atoms with Gasteiger partial charge in [0.15, 0.2) is 11.1 Å². The third kappa shape index (κ3) is 6.47. The second-order valence-corrected chi connectivity index (χ2v) is 4.80. The van der Waals surface area contributed by atoms with Crippen LogP contribution in [0.3, 0.4) is 0 Å². The van der Waals surface area contributed by atoms with Crippen LogP contribution in [0.15, 0.2) is 0 Å². The molecule has 0 rings (SSSR count). The summed E-state index contributed by atoms with van der Waals surface area (Å²) in [5, 5.41) is 0. The van der Waals surface area contributed by atoms with Crippen molar-refractivity contribution >= 4 is 11.1 Å². The van der Waals surface area contributed by atoms with E-state index >= 15 is 0 Å². The average Bonchev–Trinajstić information content (AvgIpc) is 1.53. The molecule has 1 atom stereocenters. The minimum absolute atomic E-state index is 0.0802. The summed E-state index contributed by atoms with van der Waals surface area (Å²) in [4.78, 5) is 2.02. The number of hydrogen-bond donors (Lipinski definition) is 1. The Labute approximate surface area is 71.1 Å². The second kappa shape index (κ2) is 4.18. The molecule has 1 N–H and O–H groups in total. The Kier molecular flexibility index (Phi) is 4.21. The maximum atomic E-state index is 10.5. The molecule has 0 saturated heterocycles. The zero-order valence-electron chi connectivity index (χ0n) is 7.63. The quantitative estimate of drug-likeness (QED) is 0.649. The maximum absolute atomic E-state index is 10.5. The number of rotatable bonds is 4. The topological polar surface area (TPSA) is 40.5 Å². The fourth-order valence-corrected chi connectivity index (χ4v) is 2.00. The minimum Gasteiger partial charge on any atom is -0.309 e. The fraction of sp³-hybridized carbons (Fsp3) is 1.00. The van der Waals surface area contributed by atoms with E-state index in [1.165, 1.54) is 0 Å². The number of hydrogen-bond acceptors (Lipinski definition) is 2. The summed E-state index contributed by atoms with van der Waals surface area (Å²) in [6, 6.07) is 0. The standard InChI is InChI=1S/C7H17NO2S/c1-7(2,5-8(3)4)6-11(9)10/h5-6H2,1-4H3,(H,9,10). The lowest BCUT2D eigenvalue weighted by molar-refractivity contribution is 0.264. The third-order valence-electron chi connectivity index (χ3n) is 1.26. The van der Waals surface area contributed by atoms with E-state index in [9.17, 15) is 4.21 Å². The van der Waals surface area contributed by atoms with Crippen LogP contribution in [0.5, 0.6) is 0 Å². The Balaban J connectivity index is 3.89. The lowest BCUT2D eigenvalue weighted by Gasteiger charge is -2.26. The minimum atomic E-state index is -1.68. The zero-order chi connectivity index (χ0) is 9.07. The molecule has 11 heavy (non-hydrogen) atoms. The lowest BCUT2D eigenvalue weighted by atomic mass is 9.96. The van der Waals surface area contributed by atoms with Crippen LogP contribution in [0.4, 0.5) is 0 Å². The van der Waals surface area contributed by atoms with Gasteiger partial charge < -0.3 is 9.45 Å². The molecule has 0 aromatic rings. The van der Waals surface area contributed by atoms with Crippen LogP contribution in [-0.2, 0) is 11.1 Å². The normalized spacial score (nSPS) is 15.5. The van der Waals surface area contributed by atoms with E-state index in [0.717, 1.165) is 6.54 Å². The Hall–Kier alpha value is 0.0700. The zero-order valence-corrected chi connectivity index (χ0v) is 8.44. The van der Waals surface area contributed by atoms with Crippen LogP contribution in [0.2, 0.25) is 0 Å². The van der Waals surface area contributed by atoms with Crippen LogP contribution in [0.25, 0.3) is 0 Å². The van der Waals surface area contributed by atoms with E-state index in [2.05, 4.69) is 0 Å². The molecule has 68 valence electrons. The largest absolute Gasteiger partial charge is 0.309 e. The molecule has 0 aliphatic carbocycles. The van der Waals surface area contributed by atoms with E-state index in [1.54, 1.807) is 0 Å². The lowest BCUT2D eigenvalue weighted by Crippen LogP contribution is -2.32. The molecule has 0 saturated carbocycles. The first-order valence-electron chi connectivity index (χ1n) is 3.56. The summed E-state index contributed by atoms with van der Waals surface area (Å²) < 4.78 is 19.1. The molecule has 1 unspecified atom stereocenters. The molecule has 0 amide bonds. The van der Waals surface area contributed by atoms with Crippen LogP contribution < -0.4 is 0 Å². The molecule has 4 heteroatoms. The van der Waals surface area contributed by atoms with Gasteiger partial charge in [0.25, 0.3) is 0 Å². The van der Waals surface area contributed by atoms with Gasteiger partial charge in [-0.05, 0) is 19.5 Å². The van der Waals surface area contributed by atoms with E-state index in [-0.39, 0.29) is 5.41 Å². The van der Waals surface area contributed by atoms with Gasteiger partial charge in [0.1, 0.15) is 0 Å². The highest BCUT2D eigenvalue weighted by molar-refractivity contribution is 7.79. The highest BCUT2D eigenvalue weighted by Crippen LogP contribution is 2.16. The van der Waals surface area contributed by atoms with Crippen molar-refractivity contribution in [3.05, 3.63) is 0 Å². The smallest absolute Gasteiger partial charge is 0.153 e. The van der Waals surface area contributed by atoms with E-state index < -0.39 is 11.1 Å². The van der Waals surface area contributed by atoms with Gasteiger partial charge in [0, 0.05) is 6.54 Å². The van der Waals surface area contributed by atoms with E-state index in [1.807, 2.05) is 32.8 Å². The highest BCUT2D eigenvalue weighted by atomic mass is 32.2. The Morgan fingerprint density at radius 2 is 1.91 bits per heavy atom. The van der Waals surface area contributed by atoms with Gasteiger partial charge in [-0.15, -0.1) is 0 Å². The monoisotopic (exact) mass is 179 g/mol. The Morgan fingerprint density at radius 1 is 1.45 bits per heavy atom. The molecule has 0 aromatic carbocycles. The van der Waals surface area contributed by atoms with Crippen LogP contribution in [0, 0.1) is 5.41 Å². The molecule has 0 heterocycles. The predicted octanol–water partition coefficient (Wildman–Crippen LogP) is 0.796. The summed E-state index contributed by atoms with van der Waals surface area (Å²) in [5.41, 5.74) is -0.0802. The van der Waals surface area contributed by atoms with Crippen molar-refractivity contribution in [2.24, 2.45) is 5.41 Å². The van der Waals surface area contributed by atoms with Crippen molar-refractivity contribution in [1.29, 1.82) is 0 Å². The third-order valence-corrected chi connectivity index (χ3v) is 2.29. The first kappa shape index (κ1) is 11.1. The second-order valence-electron chi connectivity index (χ2n) is 3.87. The molecule has 0 radical (unpaired) electrons. The van der Waals surface area contributed by atoms with Crippen LogP contribution in [0.1, 0.15) is 13.8 Å². The first-order valence-corrected chi connectivity index (χ1v) is 4.83. The van der Waals surface area contributed by atoms with Crippen molar-refractivity contribution in [3.63, 3.8) is 0 Å². The molecule has 0 spiro atoms. The summed E-state index contributed by atoms with van der Waals surface area (Å²) in [5.74, 6) is 0.338. The Morgan fingerprint density at radius 3 is 2.18 bits per heavy atom. The van der Waals surface area contributed by atoms with Crippen molar-refractivity contribution in [1.82, 2.24) is 4.90 Å². The van der Waals surface area contributed by atoms with Crippen molar-refractivity contribution in [2.45, 2.75) is 13.8 Å². The van der Waals surface area contributed by atoms with Crippen LogP contribution >= 0.6 is 0 Å². The van der Waals surface area contributed by atoms with Gasteiger partial charge >= 0.3 is 0 Å². The van der Waals surface area contributed by atoms with Crippen LogP contribution in [-0.4, -0.2) is 40.1 Å². The highest BCUT2D eigenvalue weighted by Gasteiger charge is 2.21. The summed E-state index contributed by atoms with van der Waals surface area (Å²) in [7, 11) is 3.92. The van der Waals surface area contributed by atoms with Gasteiger partial charge in [-0.1, -0.05) is 13.8 Å². The Bertz CT molecular complexity index is 145. The molecule has 0 aliphatic rings. The van der Waals surface area contributed by atoms with Crippen molar-refractivity contribution in [3.8, 4) is 0 Å². The van der Waals surface area contributed by atoms with E-state index in [4.69, 9.17) is 4.55 Å².